The molecule has 106 valence electrons. The number of halogens is 2. The number of rotatable bonds is 3. The lowest BCUT2D eigenvalue weighted by Gasteiger charge is -2.19. The van der Waals surface area contributed by atoms with Gasteiger partial charge in [0.2, 0.25) is 0 Å². The van der Waals surface area contributed by atoms with Gasteiger partial charge in [0.05, 0.1) is 6.04 Å². The molecular weight excluding hydrogens is 293 g/mol. The number of aryl methyl sites for hydroxylation is 2. The predicted molar refractivity (Wildman–Crippen MR) is 86.1 cm³/mol. The molecule has 0 amide bonds. The molecular formula is C16H17Cl2NO. The van der Waals surface area contributed by atoms with Crippen molar-refractivity contribution in [1.29, 1.82) is 0 Å². The maximum absolute atomic E-state index is 9.69. The Hall–Kier alpha value is -1.38. The molecule has 0 bridgehead atoms. The molecule has 0 radical (unpaired) electrons. The van der Waals surface area contributed by atoms with Gasteiger partial charge < -0.3 is 10.4 Å². The smallest absolute Gasteiger partial charge is 0.118 e. The van der Waals surface area contributed by atoms with Crippen LogP contribution in [0.3, 0.4) is 0 Å². The molecule has 0 aliphatic carbocycles. The van der Waals surface area contributed by atoms with Crippen LogP contribution in [0.25, 0.3) is 0 Å². The average Bonchev–Trinajstić information content (AvgIpc) is 2.35. The first-order chi connectivity index (χ1) is 9.38. The normalized spacial score (nSPS) is 12.2. The number of nitrogens with one attached hydrogen (secondary N) is 1. The van der Waals surface area contributed by atoms with Crippen LogP contribution < -0.4 is 5.32 Å². The van der Waals surface area contributed by atoms with Crippen molar-refractivity contribution in [2.24, 2.45) is 0 Å². The van der Waals surface area contributed by atoms with E-state index in [0.717, 1.165) is 22.4 Å². The molecule has 0 aliphatic heterocycles. The van der Waals surface area contributed by atoms with E-state index in [-0.39, 0.29) is 6.04 Å². The number of anilines is 1. The molecule has 0 saturated carbocycles. The molecule has 0 aliphatic rings. The molecule has 0 heterocycles. The van der Waals surface area contributed by atoms with E-state index >= 15 is 0 Å². The largest absolute Gasteiger partial charge is 0.508 e. The third-order valence-corrected chi connectivity index (χ3v) is 3.91. The second-order valence-electron chi connectivity index (χ2n) is 4.99. The molecule has 0 aromatic heterocycles. The van der Waals surface area contributed by atoms with E-state index in [0.29, 0.717) is 15.8 Å². The van der Waals surface area contributed by atoms with Crippen molar-refractivity contribution in [3.05, 3.63) is 57.1 Å². The van der Waals surface area contributed by atoms with Gasteiger partial charge in [-0.1, -0.05) is 29.3 Å². The Labute approximate surface area is 129 Å². The Bertz CT molecular complexity index is 641. The number of benzene rings is 2. The van der Waals surface area contributed by atoms with Crippen LogP contribution in [-0.4, -0.2) is 5.11 Å². The molecule has 2 nitrogen and oxygen atoms in total. The van der Waals surface area contributed by atoms with Crippen molar-refractivity contribution in [2.75, 3.05) is 5.32 Å². The number of hydrogen-bond donors (Lipinski definition) is 2. The van der Waals surface area contributed by atoms with Crippen LogP contribution in [0.4, 0.5) is 5.69 Å². The predicted octanol–water partition coefficient (Wildman–Crippen LogP) is 5.49. The zero-order valence-electron chi connectivity index (χ0n) is 11.7. The van der Waals surface area contributed by atoms with Gasteiger partial charge >= 0.3 is 0 Å². The molecule has 0 spiro atoms. The van der Waals surface area contributed by atoms with E-state index in [1.807, 2.05) is 39.0 Å². The quantitative estimate of drug-likeness (QED) is 0.735. The number of hydrogen-bond acceptors (Lipinski definition) is 2. The summed E-state index contributed by atoms with van der Waals surface area (Å²) in [5, 5.41) is 14.4. The average molecular weight is 310 g/mol. The first-order valence-electron chi connectivity index (χ1n) is 6.40. The van der Waals surface area contributed by atoms with Gasteiger partial charge in [0, 0.05) is 15.7 Å². The molecule has 2 N–H and O–H groups in total. The number of phenolic OH excluding ortho intramolecular Hbond substituents is 1. The zero-order valence-corrected chi connectivity index (χ0v) is 13.2. The summed E-state index contributed by atoms with van der Waals surface area (Å²) in [6.07, 6.45) is 0. The van der Waals surface area contributed by atoms with E-state index in [2.05, 4.69) is 5.32 Å². The summed E-state index contributed by atoms with van der Waals surface area (Å²) in [6, 6.07) is 9.23. The lowest BCUT2D eigenvalue weighted by atomic mass is 10.1. The molecule has 0 fully saturated rings. The molecule has 20 heavy (non-hydrogen) atoms. The Morgan fingerprint density at radius 1 is 1.05 bits per heavy atom. The third-order valence-electron chi connectivity index (χ3n) is 3.34. The van der Waals surface area contributed by atoms with Crippen LogP contribution in [0.2, 0.25) is 10.0 Å². The van der Waals surface area contributed by atoms with Crippen LogP contribution in [0.15, 0.2) is 30.3 Å². The summed E-state index contributed by atoms with van der Waals surface area (Å²) in [7, 11) is 0. The zero-order chi connectivity index (χ0) is 14.9. The fourth-order valence-corrected chi connectivity index (χ4v) is 2.69. The number of phenols is 1. The second-order valence-corrected chi connectivity index (χ2v) is 5.83. The molecule has 2 aromatic rings. The fourth-order valence-electron chi connectivity index (χ4n) is 2.12. The summed E-state index contributed by atoms with van der Waals surface area (Å²) in [6.45, 7) is 5.87. The van der Waals surface area contributed by atoms with Crippen LogP contribution in [0.1, 0.15) is 29.7 Å². The van der Waals surface area contributed by atoms with Gasteiger partial charge in [0.1, 0.15) is 5.75 Å². The standard InChI is InChI=1S/C16H17Cl2NO/c1-9-7-16(20)10(2)6-15(9)19-11(3)13-5-4-12(17)8-14(13)18/h4-8,11,19-20H,1-3H3. The lowest BCUT2D eigenvalue weighted by molar-refractivity contribution is 0.470. The summed E-state index contributed by atoms with van der Waals surface area (Å²) in [4.78, 5) is 0. The summed E-state index contributed by atoms with van der Waals surface area (Å²) in [5.41, 5.74) is 3.80. The molecule has 1 atom stereocenters. The van der Waals surface area contributed by atoms with Crippen molar-refractivity contribution < 1.29 is 5.11 Å². The van der Waals surface area contributed by atoms with Gasteiger partial charge in [-0.3, -0.25) is 0 Å². The second kappa shape index (κ2) is 5.94. The van der Waals surface area contributed by atoms with Gasteiger partial charge in [-0.15, -0.1) is 0 Å². The molecule has 2 rings (SSSR count). The molecule has 0 saturated heterocycles. The minimum absolute atomic E-state index is 0.0439. The molecule has 1 unspecified atom stereocenters. The summed E-state index contributed by atoms with van der Waals surface area (Å²) >= 11 is 12.1. The lowest BCUT2D eigenvalue weighted by Crippen LogP contribution is -2.08. The van der Waals surface area contributed by atoms with Crippen LogP contribution in [0, 0.1) is 13.8 Å². The van der Waals surface area contributed by atoms with Gasteiger partial charge in [0.25, 0.3) is 0 Å². The number of aromatic hydroxyl groups is 1. The minimum atomic E-state index is 0.0439. The van der Waals surface area contributed by atoms with E-state index in [1.54, 1.807) is 12.1 Å². The van der Waals surface area contributed by atoms with Crippen molar-refractivity contribution in [1.82, 2.24) is 0 Å². The van der Waals surface area contributed by atoms with Gasteiger partial charge in [-0.25, -0.2) is 0 Å². The monoisotopic (exact) mass is 309 g/mol. The van der Waals surface area contributed by atoms with E-state index in [4.69, 9.17) is 23.2 Å². The van der Waals surface area contributed by atoms with E-state index in [9.17, 15) is 5.11 Å². The molecule has 2 aromatic carbocycles. The molecule has 4 heteroatoms. The highest BCUT2D eigenvalue weighted by Gasteiger charge is 2.12. The summed E-state index contributed by atoms with van der Waals surface area (Å²) < 4.78 is 0. The fraction of sp³-hybridized carbons (Fsp3) is 0.250. The Kier molecular flexibility index (Phi) is 4.46. The first-order valence-corrected chi connectivity index (χ1v) is 7.15. The van der Waals surface area contributed by atoms with Gasteiger partial charge in [-0.2, -0.15) is 0 Å². The first kappa shape index (κ1) is 15.0. The topological polar surface area (TPSA) is 32.3 Å². The highest BCUT2D eigenvalue weighted by molar-refractivity contribution is 6.35. The van der Waals surface area contributed by atoms with Crippen molar-refractivity contribution in [2.45, 2.75) is 26.8 Å². The minimum Gasteiger partial charge on any atom is -0.508 e. The van der Waals surface area contributed by atoms with Crippen molar-refractivity contribution in [3.63, 3.8) is 0 Å². The van der Waals surface area contributed by atoms with Crippen molar-refractivity contribution >= 4 is 28.9 Å². The maximum atomic E-state index is 9.69. The van der Waals surface area contributed by atoms with Crippen LogP contribution in [0.5, 0.6) is 5.75 Å². The Balaban J connectivity index is 2.27. The highest BCUT2D eigenvalue weighted by Crippen LogP contribution is 2.31. The van der Waals surface area contributed by atoms with Crippen LogP contribution >= 0.6 is 23.2 Å². The Morgan fingerprint density at radius 2 is 1.75 bits per heavy atom. The van der Waals surface area contributed by atoms with Gasteiger partial charge in [0.15, 0.2) is 0 Å². The van der Waals surface area contributed by atoms with Crippen molar-refractivity contribution in [3.8, 4) is 5.75 Å². The van der Waals surface area contributed by atoms with Crippen LogP contribution in [-0.2, 0) is 0 Å². The van der Waals surface area contributed by atoms with E-state index in [1.165, 1.54) is 0 Å². The van der Waals surface area contributed by atoms with E-state index < -0.39 is 0 Å². The summed E-state index contributed by atoms with van der Waals surface area (Å²) in [5.74, 6) is 0.310. The third kappa shape index (κ3) is 3.20. The SMILES string of the molecule is Cc1cc(NC(C)c2ccc(Cl)cc2Cl)c(C)cc1O. The van der Waals surface area contributed by atoms with Gasteiger partial charge in [-0.05, 0) is 61.7 Å². The highest BCUT2D eigenvalue weighted by atomic mass is 35.5. The Morgan fingerprint density at radius 3 is 2.40 bits per heavy atom. The maximum Gasteiger partial charge on any atom is 0.118 e.